The van der Waals surface area contributed by atoms with Crippen molar-refractivity contribution in [2.45, 2.75) is 6.54 Å². The molecule has 1 aromatic heterocycles. The van der Waals surface area contributed by atoms with Crippen LogP contribution in [0, 0.1) is 0 Å². The van der Waals surface area contributed by atoms with E-state index in [0.29, 0.717) is 17.9 Å². The molecule has 0 aliphatic heterocycles. The number of nitrogens with zero attached hydrogens (tertiary/aromatic N) is 2. The van der Waals surface area contributed by atoms with Gasteiger partial charge in [0.15, 0.2) is 0 Å². The normalized spacial score (nSPS) is 10.2. The van der Waals surface area contributed by atoms with Gasteiger partial charge < -0.3 is 10.1 Å². The minimum Gasteiger partial charge on any atom is -0.424 e. The molecule has 0 saturated carbocycles. The van der Waals surface area contributed by atoms with Gasteiger partial charge in [0.1, 0.15) is 5.75 Å². The van der Waals surface area contributed by atoms with Gasteiger partial charge in [-0.3, -0.25) is 4.79 Å². The second-order valence-electron chi connectivity index (χ2n) is 4.98. The molecule has 1 N–H and O–H groups in total. The summed E-state index contributed by atoms with van der Waals surface area (Å²) in [6.45, 7) is 0.473. The maximum absolute atomic E-state index is 12.3. The Hall–Kier alpha value is -2.73. The van der Waals surface area contributed by atoms with Crippen molar-refractivity contribution in [3.8, 4) is 11.8 Å². The summed E-state index contributed by atoms with van der Waals surface area (Å²) in [7, 11) is 0. The lowest BCUT2D eigenvalue weighted by molar-refractivity contribution is 0.0950. The number of amides is 1. The van der Waals surface area contributed by atoms with E-state index in [9.17, 15) is 4.79 Å². The van der Waals surface area contributed by atoms with E-state index in [1.807, 2.05) is 30.3 Å². The van der Waals surface area contributed by atoms with E-state index in [2.05, 4.69) is 31.2 Å². The monoisotopic (exact) mass is 383 g/mol. The molecule has 0 aliphatic carbocycles. The summed E-state index contributed by atoms with van der Waals surface area (Å²) in [5, 5.41) is 2.88. The van der Waals surface area contributed by atoms with Gasteiger partial charge in [-0.1, -0.05) is 36.4 Å². The highest BCUT2D eigenvalue weighted by atomic mass is 79.9. The van der Waals surface area contributed by atoms with Crippen molar-refractivity contribution in [3.63, 3.8) is 0 Å². The zero-order valence-electron chi connectivity index (χ0n) is 12.6. The minimum absolute atomic E-state index is 0.166. The Morgan fingerprint density at radius 2 is 1.79 bits per heavy atom. The van der Waals surface area contributed by atoms with Crippen LogP contribution < -0.4 is 10.1 Å². The van der Waals surface area contributed by atoms with Crippen molar-refractivity contribution in [1.82, 2.24) is 15.3 Å². The molecule has 0 unspecified atom stereocenters. The molecule has 120 valence electrons. The summed E-state index contributed by atoms with van der Waals surface area (Å²) in [6, 6.07) is 16.9. The average molecular weight is 384 g/mol. The highest BCUT2D eigenvalue weighted by Crippen LogP contribution is 2.19. The van der Waals surface area contributed by atoms with Crippen LogP contribution in [0.3, 0.4) is 0 Å². The Morgan fingerprint density at radius 3 is 2.54 bits per heavy atom. The van der Waals surface area contributed by atoms with E-state index in [1.165, 1.54) is 0 Å². The Balaban J connectivity index is 1.65. The van der Waals surface area contributed by atoms with E-state index in [4.69, 9.17) is 4.74 Å². The fourth-order valence-electron chi connectivity index (χ4n) is 2.04. The topological polar surface area (TPSA) is 64.1 Å². The van der Waals surface area contributed by atoms with Gasteiger partial charge in [0.05, 0.1) is 4.47 Å². The molecule has 3 rings (SSSR count). The summed E-state index contributed by atoms with van der Waals surface area (Å²) in [4.78, 5) is 20.3. The standard InChI is InChI=1S/C18H14BrN3O2/c19-15-11-21-18(22-12-15)24-16-8-4-7-14(9-16)17(23)20-10-13-5-2-1-3-6-13/h1-9,11-12H,10H2,(H,20,23). The van der Waals surface area contributed by atoms with E-state index in [0.717, 1.165) is 10.0 Å². The molecule has 24 heavy (non-hydrogen) atoms. The van der Waals surface area contributed by atoms with Crippen molar-refractivity contribution < 1.29 is 9.53 Å². The fraction of sp³-hybridized carbons (Fsp3) is 0.0556. The maximum Gasteiger partial charge on any atom is 0.321 e. The van der Waals surface area contributed by atoms with Gasteiger partial charge in [0, 0.05) is 24.5 Å². The summed E-state index contributed by atoms with van der Waals surface area (Å²) in [6.07, 6.45) is 3.19. The van der Waals surface area contributed by atoms with Crippen LogP contribution in [-0.4, -0.2) is 15.9 Å². The van der Waals surface area contributed by atoms with Crippen LogP contribution in [0.4, 0.5) is 0 Å². The Labute approximate surface area is 147 Å². The maximum atomic E-state index is 12.3. The number of rotatable bonds is 5. The molecule has 1 heterocycles. The molecule has 6 heteroatoms. The molecule has 0 atom stereocenters. The van der Waals surface area contributed by atoms with Gasteiger partial charge >= 0.3 is 6.01 Å². The molecule has 0 bridgehead atoms. The lowest BCUT2D eigenvalue weighted by Gasteiger charge is -2.07. The number of halogens is 1. The first-order valence-electron chi connectivity index (χ1n) is 7.28. The van der Waals surface area contributed by atoms with Crippen LogP contribution in [-0.2, 0) is 6.54 Å². The lowest BCUT2D eigenvalue weighted by atomic mass is 10.2. The molecule has 0 spiro atoms. The van der Waals surface area contributed by atoms with Crippen molar-refractivity contribution >= 4 is 21.8 Å². The average Bonchev–Trinajstić information content (AvgIpc) is 2.63. The number of hydrogen-bond donors (Lipinski definition) is 1. The SMILES string of the molecule is O=C(NCc1ccccc1)c1cccc(Oc2ncc(Br)cn2)c1. The van der Waals surface area contributed by atoms with Crippen LogP contribution in [0.25, 0.3) is 0 Å². The number of carbonyl (C=O) groups is 1. The number of hydrogen-bond acceptors (Lipinski definition) is 4. The summed E-state index contributed by atoms with van der Waals surface area (Å²) < 4.78 is 6.33. The van der Waals surface area contributed by atoms with Crippen molar-refractivity contribution in [3.05, 3.63) is 82.6 Å². The zero-order chi connectivity index (χ0) is 16.8. The van der Waals surface area contributed by atoms with Crippen LogP contribution in [0.1, 0.15) is 15.9 Å². The minimum atomic E-state index is -0.166. The van der Waals surface area contributed by atoms with Crippen LogP contribution >= 0.6 is 15.9 Å². The zero-order valence-corrected chi connectivity index (χ0v) is 14.2. The fourth-order valence-corrected chi connectivity index (χ4v) is 2.24. The van der Waals surface area contributed by atoms with Gasteiger partial charge in [0.25, 0.3) is 5.91 Å². The van der Waals surface area contributed by atoms with Gasteiger partial charge in [-0.05, 0) is 39.7 Å². The molecule has 5 nitrogen and oxygen atoms in total. The summed E-state index contributed by atoms with van der Waals surface area (Å²) in [5.41, 5.74) is 1.56. The number of ether oxygens (including phenoxy) is 1. The molecule has 3 aromatic rings. The van der Waals surface area contributed by atoms with Gasteiger partial charge in [-0.15, -0.1) is 0 Å². The predicted molar refractivity (Wildman–Crippen MR) is 93.9 cm³/mol. The van der Waals surface area contributed by atoms with E-state index in [-0.39, 0.29) is 11.9 Å². The molecule has 0 radical (unpaired) electrons. The van der Waals surface area contributed by atoms with Crippen molar-refractivity contribution in [2.24, 2.45) is 0 Å². The highest BCUT2D eigenvalue weighted by molar-refractivity contribution is 9.10. The number of carbonyl (C=O) groups excluding carboxylic acids is 1. The van der Waals surface area contributed by atoms with Crippen molar-refractivity contribution in [1.29, 1.82) is 0 Å². The Morgan fingerprint density at radius 1 is 1.04 bits per heavy atom. The largest absolute Gasteiger partial charge is 0.424 e. The quantitative estimate of drug-likeness (QED) is 0.723. The Bertz CT molecular complexity index is 823. The molecular formula is C18H14BrN3O2. The van der Waals surface area contributed by atoms with Gasteiger partial charge in [-0.25, -0.2) is 9.97 Å². The molecule has 0 saturated heterocycles. The second kappa shape index (κ2) is 7.70. The van der Waals surface area contributed by atoms with Gasteiger partial charge in [-0.2, -0.15) is 0 Å². The van der Waals surface area contributed by atoms with Crippen LogP contribution in [0.5, 0.6) is 11.8 Å². The first-order chi connectivity index (χ1) is 11.7. The highest BCUT2D eigenvalue weighted by Gasteiger charge is 2.08. The molecule has 2 aromatic carbocycles. The van der Waals surface area contributed by atoms with Crippen molar-refractivity contribution in [2.75, 3.05) is 0 Å². The van der Waals surface area contributed by atoms with Crippen LogP contribution in [0.15, 0.2) is 71.5 Å². The number of aromatic nitrogens is 2. The molecule has 0 aliphatic rings. The summed E-state index contributed by atoms with van der Waals surface area (Å²) in [5.74, 6) is 0.339. The number of nitrogens with one attached hydrogen (secondary N) is 1. The third-order valence-electron chi connectivity index (χ3n) is 3.20. The first-order valence-corrected chi connectivity index (χ1v) is 8.07. The van der Waals surface area contributed by atoms with E-state index < -0.39 is 0 Å². The van der Waals surface area contributed by atoms with E-state index >= 15 is 0 Å². The van der Waals surface area contributed by atoms with Gasteiger partial charge in [0.2, 0.25) is 0 Å². The third-order valence-corrected chi connectivity index (χ3v) is 3.61. The Kier molecular flexibility index (Phi) is 5.18. The predicted octanol–water partition coefficient (Wildman–Crippen LogP) is 3.96. The second-order valence-corrected chi connectivity index (χ2v) is 5.90. The number of benzene rings is 2. The third kappa shape index (κ3) is 4.39. The van der Waals surface area contributed by atoms with E-state index in [1.54, 1.807) is 36.7 Å². The molecule has 1 amide bonds. The first kappa shape index (κ1) is 16.1. The molecular weight excluding hydrogens is 370 g/mol. The molecule has 0 fully saturated rings. The van der Waals surface area contributed by atoms with Crippen LogP contribution in [0.2, 0.25) is 0 Å². The summed E-state index contributed by atoms with van der Waals surface area (Å²) >= 11 is 3.26. The smallest absolute Gasteiger partial charge is 0.321 e. The lowest BCUT2D eigenvalue weighted by Crippen LogP contribution is -2.22.